The summed E-state index contributed by atoms with van der Waals surface area (Å²) in [7, 11) is 0. The van der Waals surface area contributed by atoms with Crippen molar-refractivity contribution in [2.75, 3.05) is 23.4 Å². The van der Waals surface area contributed by atoms with Gasteiger partial charge in [0.15, 0.2) is 5.82 Å². The molecule has 2 aliphatic heterocycles. The van der Waals surface area contributed by atoms with Crippen LogP contribution in [0.4, 0.5) is 25.1 Å². The van der Waals surface area contributed by atoms with Crippen molar-refractivity contribution in [2.45, 2.75) is 19.0 Å². The minimum atomic E-state index is -2.69. The van der Waals surface area contributed by atoms with Crippen LogP contribution in [0.2, 0.25) is 0 Å². The SMILES string of the molecule is O=C1OC[C@@H](C(F)F)N1c1cn2c(n1)-c1ccc(Br)cc1NCC2. The number of imidazole rings is 1. The largest absolute Gasteiger partial charge is 0.447 e. The Bertz CT molecular complexity index is 811. The van der Waals surface area contributed by atoms with Crippen LogP contribution < -0.4 is 10.2 Å². The van der Waals surface area contributed by atoms with Crippen molar-refractivity contribution in [3.8, 4) is 11.4 Å². The molecule has 9 heteroatoms. The molecule has 4 rings (SSSR count). The highest BCUT2D eigenvalue weighted by atomic mass is 79.9. The molecule has 1 aromatic heterocycles. The first kappa shape index (κ1) is 15.4. The number of hydrogen-bond donors (Lipinski definition) is 1. The Labute approximate surface area is 144 Å². The first-order valence-electron chi connectivity index (χ1n) is 7.39. The summed E-state index contributed by atoms with van der Waals surface area (Å²) in [5, 5.41) is 3.31. The zero-order valence-electron chi connectivity index (χ0n) is 12.4. The summed E-state index contributed by atoms with van der Waals surface area (Å²) >= 11 is 3.43. The number of alkyl halides is 2. The van der Waals surface area contributed by atoms with E-state index in [1.807, 2.05) is 22.8 Å². The van der Waals surface area contributed by atoms with Crippen molar-refractivity contribution >= 4 is 33.5 Å². The Morgan fingerprint density at radius 1 is 1.42 bits per heavy atom. The number of fused-ring (bicyclic) bond motifs is 3. The fourth-order valence-corrected chi connectivity index (χ4v) is 3.32. The highest BCUT2D eigenvalue weighted by Gasteiger charge is 2.41. The van der Waals surface area contributed by atoms with E-state index in [4.69, 9.17) is 4.74 Å². The number of benzene rings is 1. The van der Waals surface area contributed by atoms with Crippen LogP contribution in [0.25, 0.3) is 11.4 Å². The lowest BCUT2D eigenvalue weighted by Gasteiger charge is -2.17. The van der Waals surface area contributed by atoms with Gasteiger partial charge in [0.1, 0.15) is 18.5 Å². The molecule has 0 aliphatic carbocycles. The molecule has 0 radical (unpaired) electrons. The van der Waals surface area contributed by atoms with Gasteiger partial charge < -0.3 is 14.6 Å². The number of rotatable bonds is 2. The standard InChI is InChI=1S/C15H13BrF2N4O2/c16-8-1-2-9-10(5-8)19-3-4-21-6-12(20-14(9)21)22-11(13(17)18)7-24-15(22)23/h1-2,5-6,11,13,19H,3-4,7H2/t11-/m0/s1. The Morgan fingerprint density at radius 3 is 3.04 bits per heavy atom. The van der Waals surface area contributed by atoms with Gasteiger partial charge in [0, 0.05) is 35.0 Å². The minimum absolute atomic E-state index is 0.188. The number of hydrogen-bond acceptors (Lipinski definition) is 4. The minimum Gasteiger partial charge on any atom is -0.447 e. The lowest BCUT2D eigenvalue weighted by atomic mass is 10.1. The number of nitrogens with one attached hydrogen (secondary N) is 1. The van der Waals surface area contributed by atoms with Gasteiger partial charge in [-0.1, -0.05) is 15.9 Å². The number of carbonyl (C=O) groups excluding carboxylic acids is 1. The normalized spacial score (nSPS) is 19.6. The summed E-state index contributed by atoms with van der Waals surface area (Å²) in [6.45, 7) is 0.940. The molecular weight excluding hydrogens is 386 g/mol. The van der Waals surface area contributed by atoms with E-state index in [0.717, 1.165) is 20.6 Å². The maximum absolute atomic E-state index is 13.2. The van der Waals surface area contributed by atoms with E-state index >= 15 is 0 Å². The van der Waals surface area contributed by atoms with Gasteiger partial charge in [-0.05, 0) is 18.2 Å². The highest BCUT2D eigenvalue weighted by molar-refractivity contribution is 9.10. The van der Waals surface area contributed by atoms with Crippen molar-refractivity contribution in [1.82, 2.24) is 9.55 Å². The van der Waals surface area contributed by atoms with Crippen LogP contribution in [-0.2, 0) is 11.3 Å². The Hall–Kier alpha value is -2.16. The number of aromatic nitrogens is 2. The van der Waals surface area contributed by atoms with Gasteiger partial charge in [0.2, 0.25) is 0 Å². The molecule has 1 N–H and O–H groups in total. The quantitative estimate of drug-likeness (QED) is 0.842. The third-order valence-corrected chi connectivity index (χ3v) is 4.59. The molecule has 1 aromatic carbocycles. The third-order valence-electron chi connectivity index (χ3n) is 4.10. The molecule has 0 unspecified atom stereocenters. The van der Waals surface area contributed by atoms with E-state index in [1.165, 1.54) is 0 Å². The molecule has 0 spiro atoms. The highest BCUT2D eigenvalue weighted by Crippen LogP contribution is 2.35. The van der Waals surface area contributed by atoms with Crippen LogP contribution in [0, 0.1) is 0 Å². The smallest absolute Gasteiger partial charge is 0.416 e. The van der Waals surface area contributed by atoms with Crippen molar-refractivity contribution < 1.29 is 18.3 Å². The maximum Gasteiger partial charge on any atom is 0.416 e. The summed E-state index contributed by atoms with van der Waals surface area (Å²) in [5.41, 5.74) is 1.75. The molecule has 1 fully saturated rings. The Kier molecular flexibility index (Phi) is 3.67. The molecule has 24 heavy (non-hydrogen) atoms. The number of ether oxygens (including phenoxy) is 1. The molecule has 6 nitrogen and oxygen atoms in total. The second kappa shape index (κ2) is 5.73. The summed E-state index contributed by atoms with van der Waals surface area (Å²) in [6.07, 6.45) is -1.86. The molecular formula is C15H13BrF2N4O2. The summed E-state index contributed by atoms with van der Waals surface area (Å²) in [5.74, 6) is 0.818. The van der Waals surface area contributed by atoms with Crippen molar-refractivity contribution in [1.29, 1.82) is 0 Å². The van der Waals surface area contributed by atoms with Crippen LogP contribution in [-0.4, -0.2) is 41.3 Å². The number of nitrogens with zero attached hydrogens (tertiary/aromatic N) is 3. The van der Waals surface area contributed by atoms with Gasteiger partial charge >= 0.3 is 6.09 Å². The average Bonchev–Trinajstić information content (AvgIpc) is 3.07. The van der Waals surface area contributed by atoms with Gasteiger partial charge in [0.05, 0.1) is 0 Å². The zero-order valence-corrected chi connectivity index (χ0v) is 14.0. The van der Waals surface area contributed by atoms with Crippen LogP contribution in [0.15, 0.2) is 28.9 Å². The van der Waals surface area contributed by atoms with Gasteiger partial charge in [-0.15, -0.1) is 0 Å². The molecule has 0 saturated carbocycles. The first-order valence-corrected chi connectivity index (χ1v) is 8.19. The molecule has 1 amide bonds. The van der Waals surface area contributed by atoms with E-state index in [2.05, 4.69) is 26.2 Å². The molecule has 1 saturated heterocycles. The second-order valence-electron chi connectivity index (χ2n) is 5.58. The van der Waals surface area contributed by atoms with Gasteiger partial charge in [-0.2, -0.15) is 0 Å². The molecule has 2 aliphatic rings. The predicted octanol–water partition coefficient (Wildman–Crippen LogP) is 3.33. The topological polar surface area (TPSA) is 59.4 Å². The number of amides is 1. The number of anilines is 2. The van der Waals surface area contributed by atoms with Crippen LogP contribution in [0.5, 0.6) is 0 Å². The lowest BCUT2D eigenvalue weighted by molar-refractivity contribution is 0.104. The van der Waals surface area contributed by atoms with Crippen LogP contribution >= 0.6 is 15.9 Å². The van der Waals surface area contributed by atoms with Crippen molar-refractivity contribution in [2.24, 2.45) is 0 Å². The maximum atomic E-state index is 13.2. The summed E-state index contributed by atoms with van der Waals surface area (Å²) in [4.78, 5) is 17.3. The van der Waals surface area contributed by atoms with Crippen molar-refractivity contribution in [3.05, 3.63) is 28.9 Å². The van der Waals surface area contributed by atoms with E-state index < -0.39 is 18.6 Å². The average molecular weight is 399 g/mol. The first-order chi connectivity index (χ1) is 11.5. The molecule has 0 bridgehead atoms. The molecule has 1 atom stereocenters. The van der Waals surface area contributed by atoms with Crippen molar-refractivity contribution in [3.63, 3.8) is 0 Å². The predicted molar refractivity (Wildman–Crippen MR) is 87.5 cm³/mol. The molecule has 2 aromatic rings. The summed E-state index contributed by atoms with van der Waals surface area (Å²) < 4.78 is 33.9. The van der Waals surface area contributed by atoms with E-state index in [-0.39, 0.29) is 12.4 Å². The zero-order chi connectivity index (χ0) is 16.8. The van der Waals surface area contributed by atoms with E-state index in [1.54, 1.807) is 6.20 Å². The van der Waals surface area contributed by atoms with Gasteiger partial charge in [-0.3, -0.25) is 0 Å². The van der Waals surface area contributed by atoms with Gasteiger partial charge in [0.25, 0.3) is 6.43 Å². The number of carbonyl (C=O) groups is 1. The second-order valence-corrected chi connectivity index (χ2v) is 6.50. The Morgan fingerprint density at radius 2 is 2.25 bits per heavy atom. The van der Waals surface area contributed by atoms with E-state index in [9.17, 15) is 13.6 Å². The monoisotopic (exact) mass is 398 g/mol. The van der Waals surface area contributed by atoms with Crippen LogP contribution in [0.3, 0.4) is 0 Å². The fourth-order valence-electron chi connectivity index (χ4n) is 2.96. The third kappa shape index (κ3) is 2.43. The lowest BCUT2D eigenvalue weighted by Crippen LogP contribution is -2.38. The summed E-state index contributed by atoms with van der Waals surface area (Å²) in [6, 6.07) is 4.41. The number of halogens is 3. The Balaban J connectivity index is 1.79. The molecule has 3 heterocycles. The molecule has 126 valence electrons. The number of cyclic esters (lactones) is 1. The van der Waals surface area contributed by atoms with E-state index in [0.29, 0.717) is 18.9 Å². The van der Waals surface area contributed by atoms with Crippen LogP contribution in [0.1, 0.15) is 0 Å². The van der Waals surface area contributed by atoms with Gasteiger partial charge in [-0.25, -0.2) is 23.5 Å². The fraction of sp³-hybridized carbons (Fsp3) is 0.333.